The molecule has 1 aromatic heterocycles. The first-order valence-electron chi connectivity index (χ1n) is 8.40. The van der Waals surface area contributed by atoms with Crippen molar-refractivity contribution in [3.8, 4) is 0 Å². The number of nitrogens with zero attached hydrogens (tertiary/aromatic N) is 1. The van der Waals surface area contributed by atoms with E-state index in [9.17, 15) is 17.6 Å². The number of carbonyl (C=O) groups is 1. The highest BCUT2D eigenvalue weighted by atomic mass is 32.2. The average molecular weight is 390 g/mol. The van der Waals surface area contributed by atoms with Gasteiger partial charge in [0, 0.05) is 30.2 Å². The molecule has 0 aliphatic rings. The van der Waals surface area contributed by atoms with Gasteiger partial charge in [-0.05, 0) is 42.3 Å². The summed E-state index contributed by atoms with van der Waals surface area (Å²) in [5.74, 6) is -1.37. The van der Waals surface area contributed by atoms with Gasteiger partial charge in [-0.25, -0.2) is 17.5 Å². The van der Waals surface area contributed by atoms with Crippen molar-refractivity contribution in [1.82, 2.24) is 9.29 Å². The van der Waals surface area contributed by atoms with Gasteiger partial charge in [0.1, 0.15) is 5.82 Å². The highest BCUT2D eigenvalue weighted by Gasteiger charge is 2.14. The second-order valence-electron chi connectivity index (χ2n) is 6.11. The normalized spacial score (nSPS) is 11.7. The molecule has 2 N–H and O–H groups in total. The molecule has 0 amide bonds. The van der Waals surface area contributed by atoms with E-state index in [2.05, 4.69) is 4.72 Å². The Kier molecular flexibility index (Phi) is 5.57. The van der Waals surface area contributed by atoms with E-state index in [4.69, 9.17) is 5.11 Å². The van der Waals surface area contributed by atoms with Crippen molar-refractivity contribution in [2.24, 2.45) is 0 Å². The predicted octanol–water partition coefficient (Wildman–Crippen LogP) is 2.78. The smallest absolute Gasteiger partial charge is 0.305 e. The highest BCUT2D eigenvalue weighted by molar-refractivity contribution is 7.89. The minimum Gasteiger partial charge on any atom is -0.481 e. The van der Waals surface area contributed by atoms with Crippen LogP contribution >= 0.6 is 0 Å². The number of carboxylic acid groups (broad SMARTS) is 1. The summed E-state index contributed by atoms with van der Waals surface area (Å²) in [6.45, 7) is 0.518. The fourth-order valence-corrected chi connectivity index (χ4v) is 3.97. The average Bonchev–Trinajstić information content (AvgIpc) is 2.98. The summed E-state index contributed by atoms with van der Waals surface area (Å²) in [4.78, 5) is 10.8. The van der Waals surface area contributed by atoms with Crippen LogP contribution in [0.5, 0.6) is 0 Å². The number of aliphatic carboxylic acids is 1. The summed E-state index contributed by atoms with van der Waals surface area (Å²) < 4.78 is 41.9. The van der Waals surface area contributed by atoms with Crippen LogP contribution in [-0.4, -0.2) is 30.6 Å². The topological polar surface area (TPSA) is 88.4 Å². The Morgan fingerprint density at radius 3 is 2.52 bits per heavy atom. The number of rotatable bonds is 8. The van der Waals surface area contributed by atoms with Gasteiger partial charge in [-0.2, -0.15) is 0 Å². The van der Waals surface area contributed by atoms with Gasteiger partial charge < -0.3 is 9.67 Å². The number of halogens is 1. The molecule has 6 nitrogen and oxygen atoms in total. The van der Waals surface area contributed by atoms with Crippen LogP contribution in [0.3, 0.4) is 0 Å². The number of sulfonamides is 1. The standard InChI is InChI=1S/C19H19FN2O4S/c20-15-5-7-16(8-6-15)27(25,26)21-11-9-14-13-22(12-10-19(23)24)18-4-2-1-3-17(14)18/h1-8,13,21H,9-12H2,(H,23,24). The maximum atomic E-state index is 13.0. The molecule has 0 spiro atoms. The van der Waals surface area contributed by atoms with E-state index >= 15 is 0 Å². The molecule has 3 rings (SSSR count). The third kappa shape index (κ3) is 4.53. The van der Waals surface area contributed by atoms with Crippen molar-refractivity contribution < 1.29 is 22.7 Å². The van der Waals surface area contributed by atoms with Gasteiger partial charge in [0.25, 0.3) is 0 Å². The number of carboxylic acids is 1. The number of para-hydroxylation sites is 1. The van der Waals surface area contributed by atoms with Crippen LogP contribution in [0, 0.1) is 5.82 Å². The minimum atomic E-state index is -3.72. The van der Waals surface area contributed by atoms with Crippen LogP contribution in [0.25, 0.3) is 10.9 Å². The lowest BCUT2D eigenvalue weighted by atomic mass is 10.1. The van der Waals surface area contributed by atoms with E-state index in [1.165, 1.54) is 12.1 Å². The highest BCUT2D eigenvalue weighted by Crippen LogP contribution is 2.22. The molecular weight excluding hydrogens is 371 g/mol. The number of aromatic nitrogens is 1. The number of hydrogen-bond donors (Lipinski definition) is 2. The Hall–Kier alpha value is -2.71. The molecule has 0 saturated heterocycles. The molecule has 0 aliphatic carbocycles. The number of hydrogen-bond acceptors (Lipinski definition) is 3. The molecule has 0 atom stereocenters. The van der Waals surface area contributed by atoms with Gasteiger partial charge in [0.05, 0.1) is 11.3 Å². The molecule has 2 aromatic carbocycles. The summed E-state index contributed by atoms with van der Waals surface area (Å²) in [6.07, 6.45) is 2.32. The zero-order valence-electron chi connectivity index (χ0n) is 14.4. The molecule has 0 saturated carbocycles. The number of fused-ring (bicyclic) bond motifs is 1. The zero-order chi connectivity index (χ0) is 19.4. The van der Waals surface area contributed by atoms with E-state index in [1.54, 1.807) is 0 Å². The van der Waals surface area contributed by atoms with Crippen LogP contribution in [-0.2, 0) is 27.8 Å². The van der Waals surface area contributed by atoms with Crippen molar-refractivity contribution in [2.75, 3.05) is 6.54 Å². The summed E-state index contributed by atoms with van der Waals surface area (Å²) in [5, 5.41) is 9.86. The fraction of sp³-hybridized carbons (Fsp3) is 0.211. The van der Waals surface area contributed by atoms with Gasteiger partial charge in [-0.1, -0.05) is 18.2 Å². The minimum absolute atomic E-state index is 0.00721. The van der Waals surface area contributed by atoms with Crippen LogP contribution < -0.4 is 4.72 Å². The molecule has 0 bridgehead atoms. The lowest BCUT2D eigenvalue weighted by molar-refractivity contribution is -0.137. The SMILES string of the molecule is O=C(O)CCn1cc(CCNS(=O)(=O)c2ccc(F)cc2)c2ccccc21. The lowest BCUT2D eigenvalue weighted by Crippen LogP contribution is -2.26. The first kappa shape index (κ1) is 19.1. The maximum absolute atomic E-state index is 13.0. The molecule has 142 valence electrons. The molecule has 0 radical (unpaired) electrons. The monoisotopic (exact) mass is 390 g/mol. The Balaban J connectivity index is 1.73. The summed E-state index contributed by atoms with van der Waals surface area (Å²) in [7, 11) is -3.72. The molecule has 3 aromatic rings. The van der Waals surface area contributed by atoms with Crippen LogP contribution in [0.1, 0.15) is 12.0 Å². The second-order valence-corrected chi connectivity index (χ2v) is 7.88. The van der Waals surface area contributed by atoms with Crippen molar-refractivity contribution >= 4 is 26.9 Å². The number of benzene rings is 2. The first-order valence-corrected chi connectivity index (χ1v) is 9.89. The van der Waals surface area contributed by atoms with Gasteiger partial charge >= 0.3 is 5.97 Å². The molecule has 0 aliphatic heterocycles. The third-order valence-corrected chi connectivity index (χ3v) is 5.72. The third-order valence-electron chi connectivity index (χ3n) is 4.25. The Labute approximate surface area is 156 Å². The number of nitrogens with one attached hydrogen (secondary N) is 1. The van der Waals surface area contributed by atoms with Crippen molar-refractivity contribution in [2.45, 2.75) is 24.3 Å². The Morgan fingerprint density at radius 1 is 1.11 bits per heavy atom. The zero-order valence-corrected chi connectivity index (χ0v) is 15.2. The van der Waals surface area contributed by atoms with Crippen LogP contribution in [0.15, 0.2) is 59.6 Å². The van der Waals surface area contributed by atoms with E-state index in [0.717, 1.165) is 28.6 Å². The van der Waals surface area contributed by atoms with E-state index in [0.29, 0.717) is 13.0 Å². The molecule has 0 unspecified atom stereocenters. The first-order chi connectivity index (χ1) is 12.9. The van der Waals surface area contributed by atoms with Gasteiger partial charge in [0.2, 0.25) is 10.0 Å². The van der Waals surface area contributed by atoms with E-state index in [-0.39, 0.29) is 17.9 Å². The lowest BCUT2D eigenvalue weighted by Gasteiger charge is -2.06. The quantitative estimate of drug-likeness (QED) is 0.619. The summed E-state index contributed by atoms with van der Waals surface area (Å²) in [5.41, 5.74) is 1.84. The Bertz CT molecular complexity index is 1060. The fourth-order valence-electron chi connectivity index (χ4n) is 2.94. The largest absolute Gasteiger partial charge is 0.481 e. The summed E-state index contributed by atoms with van der Waals surface area (Å²) in [6, 6.07) is 12.2. The second kappa shape index (κ2) is 7.89. The van der Waals surface area contributed by atoms with Gasteiger partial charge in [-0.3, -0.25) is 4.79 Å². The molecule has 8 heteroatoms. The number of aryl methyl sites for hydroxylation is 1. The van der Waals surface area contributed by atoms with Crippen molar-refractivity contribution in [1.29, 1.82) is 0 Å². The van der Waals surface area contributed by atoms with Crippen molar-refractivity contribution in [3.05, 3.63) is 66.1 Å². The van der Waals surface area contributed by atoms with Gasteiger partial charge in [-0.15, -0.1) is 0 Å². The van der Waals surface area contributed by atoms with Crippen LogP contribution in [0.2, 0.25) is 0 Å². The molecular formula is C19H19FN2O4S. The molecule has 1 heterocycles. The summed E-state index contributed by atoms with van der Waals surface area (Å²) >= 11 is 0. The molecule has 0 fully saturated rings. The Morgan fingerprint density at radius 2 is 1.81 bits per heavy atom. The maximum Gasteiger partial charge on any atom is 0.305 e. The molecule has 27 heavy (non-hydrogen) atoms. The van der Waals surface area contributed by atoms with Crippen LogP contribution in [0.4, 0.5) is 4.39 Å². The van der Waals surface area contributed by atoms with E-state index < -0.39 is 21.8 Å². The predicted molar refractivity (Wildman–Crippen MR) is 99.5 cm³/mol. The van der Waals surface area contributed by atoms with Gasteiger partial charge in [0.15, 0.2) is 0 Å². The van der Waals surface area contributed by atoms with Crippen molar-refractivity contribution in [3.63, 3.8) is 0 Å². The van der Waals surface area contributed by atoms with E-state index in [1.807, 2.05) is 35.0 Å².